The second kappa shape index (κ2) is 5.87. The van der Waals surface area contributed by atoms with Crippen LogP contribution < -0.4 is 9.47 Å². The third-order valence-corrected chi connectivity index (χ3v) is 3.21. The molecule has 1 heterocycles. The van der Waals surface area contributed by atoms with Gasteiger partial charge in [0.2, 0.25) is 0 Å². The van der Waals surface area contributed by atoms with Crippen molar-refractivity contribution in [3.63, 3.8) is 0 Å². The van der Waals surface area contributed by atoms with Crippen LogP contribution >= 0.6 is 0 Å². The Morgan fingerprint density at radius 1 is 1.33 bits per heavy atom. The summed E-state index contributed by atoms with van der Waals surface area (Å²) >= 11 is 0. The number of carbonyl (C=O) groups is 1. The molecular weight excluding hydrogens is 232 g/mol. The molecule has 0 N–H and O–H groups in total. The summed E-state index contributed by atoms with van der Waals surface area (Å²) in [6.07, 6.45) is 1.26. The highest BCUT2D eigenvalue weighted by atomic mass is 16.5. The average Bonchev–Trinajstić information content (AvgIpc) is 2.92. The van der Waals surface area contributed by atoms with Crippen LogP contribution in [0.1, 0.15) is 12.0 Å². The predicted molar refractivity (Wildman–Crippen MR) is 67.2 cm³/mol. The summed E-state index contributed by atoms with van der Waals surface area (Å²) in [4.78, 5) is 12.0. The van der Waals surface area contributed by atoms with Crippen molar-refractivity contribution in [3.05, 3.63) is 23.8 Å². The van der Waals surface area contributed by atoms with Gasteiger partial charge in [0.25, 0.3) is 0 Å². The first kappa shape index (κ1) is 12.9. The standard InChI is InChI=1S/C14H18O4/c1-16-13-4-3-10(8-14(13)17-2)7-12(15)11-5-6-18-9-11/h3-4,8,11H,5-7,9H2,1-2H3. The largest absolute Gasteiger partial charge is 0.493 e. The highest BCUT2D eigenvalue weighted by Crippen LogP contribution is 2.28. The number of rotatable bonds is 5. The predicted octanol–water partition coefficient (Wildman–Crippen LogP) is 1.85. The molecule has 0 bridgehead atoms. The zero-order chi connectivity index (χ0) is 13.0. The second-order valence-electron chi connectivity index (χ2n) is 4.39. The normalized spacial score (nSPS) is 18.7. The second-order valence-corrected chi connectivity index (χ2v) is 4.39. The first-order valence-corrected chi connectivity index (χ1v) is 6.06. The maximum atomic E-state index is 12.0. The number of ketones is 1. The van der Waals surface area contributed by atoms with E-state index in [1.165, 1.54) is 0 Å². The average molecular weight is 250 g/mol. The van der Waals surface area contributed by atoms with E-state index in [2.05, 4.69) is 0 Å². The number of hydrogen-bond donors (Lipinski definition) is 0. The topological polar surface area (TPSA) is 44.8 Å². The molecule has 4 heteroatoms. The van der Waals surface area contributed by atoms with Gasteiger partial charge in [0, 0.05) is 18.9 Å². The Labute approximate surface area is 107 Å². The van der Waals surface area contributed by atoms with Gasteiger partial charge in [-0.15, -0.1) is 0 Å². The Morgan fingerprint density at radius 3 is 2.72 bits per heavy atom. The van der Waals surface area contributed by atoms with E-state index >= 15 is 0 Å². The van der Waals surface area contributed by atoms with Gasteiger partial charge in [0.1, 0.15) is 5.78 Å². The highest BCUT2D eigenvalue weighted by molar-refractivity contribution is 5.83. The molecule has 0 saturated carbocycles. The Kier molecular flexibility index (Phi) is 4.20. The van der Waals surface area contributed by atoms with Crippen LogP contribution in [0.4, 0.5) is 0 Å². The smallest absolute Gasteiger partial charge is 0.161 e. The first-order chi connectivity index (χ1) is 8.74. The molecule has 1 aliphatic heterocycles. The van der Waals surface area contributed by atoms with Gasteiger partial charge in [-0.3, -0.25) is 4.79 Å². The van der Waals surface area contributed by atoms with E-state index in [0.717, 1.165) is 12.0 Å². The lowest BCUT2D eigenvalue weighted by Crippen LogP contribution is -2.16. The van der Waals surface area contributed by atoms with Gasteiger partial charge < -0.3 is 14.2 Å². The fraction of sp³-hybridized carbons (Fsp3) is 0.500. The first-order valence-electron chi connectivity index (χ1n) is 6.06. The molecule has 1 aliphatic rings. The van der Waals surface area contributed by atoms with Crippen LogP contribution in [0.15, 0.2) is 18.2 Å². The van der Waals surface area contributed by atoms with Gasteiger partial charge >= 0.3 is 0 Å². The Morgan fingerprint density at radius 2 is 2.11 bits per heavy atom. The summed E-state index contributed by atoms with van der Waals surface area (Å²) in [5.74, 6) is 1.63. The molecule has 0 aromatic heterocycles. The van der Waals surface area contributed by atoms with Gasteiger partial charge in [-0.25, -0.2) is 0 Å². The lowest BCUT2D eigenvalue weighted by atomic mass is 9.97. The number of carbonyl (C=O) groups excluding carboxylic acids is 1. The molecule has 1 saturated heterocycles. The van der Waals surface area contributed by atoms with Gasteiger partial charge in [0.05, 0.1) is 20.8 Å². The Bertz CT molecular complexity index is 422. The van der Waals surface area contributed by atoms with Gasteiger partial charge in [-0.1, -0.05) is 6.07 Å². The van der Waals surface area contributed by atoms with E-state index in [1.54, 1.807) is 14.2 Å². The van der Waals surface area contributed by atoms with Crippen LogP contribution in [0.5, 0.6) is 11.5 Å². The van der Waals surface area contributed by atoms with Gasteiger partial charge in [-0.05, 0) is 24.1 Å². The maximum absolute atomic E-state index is 12.0. The molecule has 1 fully saturated rings. The zero-order valence-electron chi connectivity index (χ0n) is 10.8. The minimum atomic E-state index is 0.0538. The van der Waals surface area contributed by atoms with Crippen molar-refractivity contribution in [2.75, 3.05) is 27.4 Å². The highest BCUT2D eigenvalue weighted by Gasteiger charge is 2.23. The van der Waals surface area contributed by atoms with Crippen molar-refractivity contribution in [3.8, 4) is 11.5 Å². The fourth-order valence-corrected chi connectivity index (χ4v) is 2.12. The summed E-state index contributed by atoms with van der Waals surface area (Å²) in [6, 6.07) is 5.58. The third-order valence-electron chi connectivity index (χ3n) is 3.21. The number of ether oxygens (including phenoxy) is 3. The fourth-order valence-electron chi connectivity index (χ4n) is 2.12. The van der Waals surface area contributed by atoms with Gasteiger partial charge in [0.15, 0.2) is 11.5 Å². The van der Waals surface area contributed by atoms with E-state index < -0.39 is 0 Å². The minimum Gasteiger partial charge on any atom is -0.493 e. The van der Waals surface area contributed by atoms with E-state index in [0.29, 0.717) is 31.1 Å². The molecule has 1 aromatic rings. The van der Waals surface area contributed by atoms with E-state index in [9.17, 15) is 4.79 Å². The van der Waals surface area contributed by atoms with Gasteiger partial charge in [-0.2, -0.15) is 0 Å². The molecule has 0 spiro atoms. The van der Waals surface area contributed by atoms with Crippen LogP contribution in [0, 0.1) is 5.92 Å². The van der Waals surface area contributed by atoms with Crippen LogP contribution in [0.25, 0.3) is 0 Å². The summed E-state index contributed by atoms with van der Waals surface area (Å²) in [6.45, 7) is 1.26. The van der Waals surface area contributed by atoms with E-state index in [1.807, 2.05) is 18.2 Å². The van der Waals surface area contributed by atoms with Crippen molar-refractivity contribution < 1.29 is 19.0 Å². The lowest BCUT2D eigenvalue weighted by Gasteiger charge is -2.10. The van der Waals surface area contributed by atoms with Crippen LogP contribution in [0.3, 0.4) is 0 Å². The maximum Gasteiger partial charge on any atom is 0.161 e. The molecule has 0 radical (unpaired) electrons. The summed E-state index contributed by atoms with van der Waals surface area (Å²) in [7, 11) is 3.19. The van der Waals surface area contributed by atoms with E-state index in [4.69, 9.17) is 14.2 Å². The van der Waals surface area contributed by atoms with Crippen molar-refractivity contribution in [2.45, 2.75) is 12.8 Å². The molecule has 0 amide bonds. The van der Waals surface area contributed by atoms with Crippen molar-refractivity contribution in [2.24, 2.45) is 5.92 Å². The molecule has 4 nitrogen and oxygen atoms in total. The lowest BCUT2D eigenvalue weighted by molar-refractivity contribution is -0.122. The molecule has 2 rings (SSSR count). The Hall–Kier alpha value is -1.55. The SMILES string of the molecule is COc1ccc(CC(=O)C2CCOC2)cc1OC. The van der Waals surface area contributed by atoms with Crippen molar-refractivity contribution in [1.29, 1.82) is 0 Å². The quantitative estimate of drug-likeness (QED) is 0.800. The Balaban J connectivity index is 2.06. The molecule has 98 valence electrons. The molecular formula is C14H18O4. The van der Waals surface area contributed by atoms with Crippen LogP contribution in [-0.4, -0.2) is 33.2 Å². The molecule has 1 aromatic carbocycles. The number of hydrogen-bond acceptors (Lipinski definition) is 4. The number of Topliss-reactive ketones (excluding diaryl/α,β-unsaturated/α-hetero) is 1. The summed E-state index contributed by atoms with van der Waals surface area (Å²) in [5.41, 5.74) is 0.949. The number of benzene rings is 1. The van der Waals surface area contributed by atoms with Crippen LogP contribution in [0.2, 0.25) is 0 Å². The van der Waals surface area contributed by atoms with E-state index in [-0.39, 0.29) is 11.7 Å². The minimum absolute atomic E-state index is 0.0538. The van der Waals surface area contributed by atoms with Crippen molar-refractivity contribution in [1.82, 2.24) is 0 Å². The molecule has 1 unspecified atom stereocenters. The summed E-state index contributed by atoms with van der Waals surface area (Å²) in [5, 5.41) is 0. The molecule has 0 aliphatic carbocycles. The monoisotopic (exact) mass is 250 g/mol. The molecule has 1 atom stereocenters. The van der Waals surface area contributed by atoms with Crippen molar-refractivity contribution >= 4 is 5.78 Å². The third kappa shape index (κ3) is 2.82. The number of methoxy groups -OCH3 is 2. The van der Waals surface area contributed by atoms with Crippen LogP contribution in [-0.2, 0) is 16.0 Å². The zero-order valence-corrected chi connectivity index (χ0v) is 10.8. The molecule has 18 heavy (non-hydrogen) atoms. The summed E-state index contributed by atoms with van der Waals surface area (Å²) < 4.78 is 15.6.